The van der Waals surface area contributed by atoms with E-state index in [1.165, 1.54) is 209 Å². The number of unbranched alkanes of at least 4 members (excludes halogenated alkanes) is 20. The summed E-state index contributed by atoms with van der Waals surface area (Å²) in [4.78, 5) is 0. The van der Waals surface area contributed by atoms with Crippen molar-refractivity contribution >= 4 is 64.3 Å². The molecule has 4 aromatic rings. The van der Waals surface area contributed by atoms with Crippen LogP contribution in [0.2, 0.25) is 0 Å². The third-order valence-corrected chi connectivity index (χ3v) is 23.2. The first kappa shape index (κ1) is 76.1. The summed E-state index contributed by atoms with van der Waals surface area (Å²) in [6.07, 6.45) is 37.0. The van der Waals surface area contributed by atoms with Gasteiger partial charge in [-0.05, 0) is 202 Å². The molecule has 7 nitrogen and oxygen atoms in total. The molecule has 3 heterocycles. The van der Waals surface area contributed by atoms with Crippen molar-refractivity contribution in [2.24, 2.45) is 0 Å². The first-order valence-electron chi connectivity index (χ1n) is 36.7. The highest BCUT2D eigenvalue weighted by molar-refractivity contribution is 9.10. The van der Waals surface area contributed by atoms with Crippen LogP contribution in [-0.2, 0) is 43.4 Å². The Bertz CT molecular complexity index is 2690. The van der Waals surface area contributed by atoms with E-state index in [4.69, 9.17) is 32.6 Å². The molecule has 12 heteroatoms. The first-order chi connectivity index (χ1) is 43.0. The van der Waals surface area contributed by atoms with Crippen LogP contribution in [0.15, 0.2) is 81.7 Å². The normalized spacial score (nSPS) is 19.4. The van der Waals surface area contributed by atoms with Gasteiger partial charge in [0, 0.05) is 25.9 Å². The Balaban J connectivity index is 0.000000227. The predicted octanol–water partition coefficient (Wildman–Crippen LogP) is 23.0. The van der Waals surface area contributed by atoms with Gasteiger partial charge >= 0.3 is 21.6 Å². The maximum absolute atomic E-state index is 6.60. The fourth-order valence-corrected chi connectivity index (χ4v) is 15.2. The molecule has 2 aliphatic carbocycles. The fourth-order valence-electron chi connectivity index (χ4n) is 14.4. The monoisotopic (exact) mass is 1370 g/mol. The van der Waals surface area contributed by atoms with Gasteiger partial charge < -0.3 is 32.6 Å². The number of hydrogen-bond acceptors (Lipinski definition) is 7. The van der Waals surface area contributed by atoms with Crippen molar-refractivity contribution in [2.75, 3.05) is 0 Å². The molecule has 0 saturated carbocycles. The van der Waals surface area contributed by atoms with Crippen LogP contribution in [0, 0.1) is 0 Å². The van der Waals surface area contributed by atoms with Gasteiger partial charge in [0.05, 0.1) is 33.6 Å². The van der Waals surface area contributed by atoms with E-state index in [0.29, 0.717) is 0 Å². The van der Waals surface area contributed by atoms with Crippen molar-refractivity contribution in [3.8, 4) is 22.3 Å². The maximum atomic E-state index is 6.60. The van der Waals surface area contributed by atoms with E-state index in [9.17, 15) is 0 Å². The molecule has 0 aromatic heterocycles. The van der Waals surface area contributed by atoms with E-state index < -0.39 is 7.32 Å². The van der Waals surface area contributed by atoms with Crippen LogP contribution in [0.5, 0.6) is 0 Å². The summed E-state index contributed by atoms with van der Waals surface area (Å²) in [6, 6.07) is 28.1. The summed E-state index contributed by atoms with van der Waals surface area (Å²) in [5.41, 5.74) is 12.0. The van der Waals surface area contributed by atoms with E-state index in [-0.39, 0.29) is 64.8 Å². The molecule has 0 unspecified atom stereocenters. The SMILES string of the molecule is CC(C)OB1OC(C)(C)C(C)(C)O1.CCCCCCCCC1(CCCCCCCC)c2cc(B3OC(C)(C)C(C)(C)O3)ccc2-c2ccc(B3OC(C)(C)C(C)(C)O3)cc21.CCCCCCCCC1(CCCCCCCC)c2cc(Br)ccc2-c2ccc(Br)cc21. The molecule has 3 fully saturated rings. The Morgan fingerprint density at radius 1 is 0.330 bits per heavy atom. The van der Waals surface area contributed by atoms with Crippen LogP contribution < -0.4 is 10.9 Å². The average Bonchev–Trinajstić information content (AvgIpc) is 1.57. The predicted molar refractivity (Wildman–Crippen MR) is 396 cm³/mol. The Labute approximate surface area is 574 Å². The van der Waals surface area contributed by atoms with Gasteiger partial charge in [0.2, 0.25) is 0 Å². The van der Waals surface area contributed by atoms with Crippen molar-refractivity contribution in [3.05, 3.63) is 104 Å². The zero-order valence-electron chi connectivity index (χ0n) is 60.7. The summed E-state index contributed by atoms with van der Waals surface area (Å²) in [5, 5.41) is 0. The van der Waals surface area contributed by atoms with Gasteiger partial charge in [-0.1, -0.05) is 262 Å². The molecule has 0 atom stereocenters. The maximum Gasteiger partial charge on any atom is 0.640 e. The van der Waals surface area contributed by atoms with Crippen LogP contribution in [-0.4, -0.2) is 61.3 Å². The Kier molecular flexibility index (Phi) is 27.9. The summed E-state index contributed by atoms with van der Waals surface area (Å²) in [5.74, 6) is 0. The minimum absolute atomic E-state index is 0.0561. The van der Waals surface area contributed by atoms with Gasteiger partial charge in [-0.25, -0.2) is 0 Å². The molecule has 4 aromatic carbocycles. The van der Waals surface area contributed by atoms with Crippen LogP contribution in [0.3, 0.4) is 0 Å². The zero-order valence-corrected chi connectivity index (χ0v) is 63.8. The lowest BCUT2D eigenvalue weighted by molar-refractivity contribution is 0.00578. The van der Waals surface area contributed by atoms with Gasteiger partial charge in [-0.2, -0.15) is 0 Å². The molecule has 504 valence electrons. The topological polar surface area (TPSA) is 64.6 Å². The summed E-state index contributed by atoms with van der Waals surface area (Å²) < 4.78 is 45.5. The number of rotatable bonds is 32. The van der Waals surface area contributed by atoms with Gasteiger partial charge in [-0.3, -0.25) is 0 Å². The summed E-state index contributed by atoms with van der Waals surface area (Å²) in [7, 11) is -1.25. The van der Waals surface area contributed by atoms with E-state index in [1.54, 1.807) is 11.1 Å². The molecular weight excluding hydrogens is 1250 g/mol. The van der Waals surface area contributed by atoms with Crippen LogP contribution in [0.25, 0.3) is 22.3 Å². The second kappa shape index (κ2) is 33.3. The Hall–Kier alpha value is -2.25. The lowest BCUT2D eigenvalue weighted by Gasteiger charge is -2.33. The van der Waals surface area contributed by atoms with Crippen molar-refractivity contribution < 1.29 is 32.6 Å². The first-order valence-corrected chi connectivity index (χ1v) is 38.3. The molecule has 3 aliphatic heterocycles. The summed E-state index contributed by atoms with van der Waals surface area (Å²) in [6.45, 7) is 38.4. The van der Waals surface area contributed by atoms with E-state index in [1.807, 2.05) is 41.5 Å². The molecular formula is C79H123B3Br2O7. The van der Waals surface area contributed by atoms with E-state index in [2.05, 4.69) is 188 Å². The molecule has 91 heavy (non-hydrogen) atoms. The third kappa shape index (κ3) is 18.5. The highest BCUT2D eigenvalue weighted by Gasteiger charge is 2.56. The Morgan fingerprint density at radius 2 is 0.571 bits per heavy atom. The highest BCUT2D eigenvalue weighted by Crippen LogP contribution is 2.57. The number of hydrogen-bond donors (Lipinski definition) is 0. The van der Waals surface area contributed by atoms with Gasteiger partial charge in [0.15, 0.2) is 0 Å². The number of benzene rings is 4. The molecule has 3 saturated heterocycles. The Morgan fingerprint density at radius 3 is 0.846 bits per heavy atom. The molecule has 0 bridgehead atoms. The average molecular weight is 1380 g/mol. The van der Waals surface area contributed by atoms with Gasteiger partial charge in [0.25, 0.3) is 0 Å². The fraction of sp³-hybridized carbons (Fsp3) is 0.696. The highest BCUT2D eigenvalue weighted by atomic mass is 79.9. The number of halogens is 2. The van der Waals surface area contributed by atoms with Crippen LogP contribution in [0.4, 0.5) is 0 Å². The molecule has 0 amide bonds. The standard InChI is InChI=1S/C41H64B2O4.C29H40Br2.C9H19BO3/c1-11-13-15-17-19-21-27-41(28-22-20-18-16-14-12-2)35-29-31(42-44-37(3,4)38(5,6)45-42)23-25-33(35)34-26-24-32(30-36(34)41)43-46-39(7,8)40(9,10)47-43;1-3-5-7-9-11-13-19-29(20-14-12-10-8-6-4-2)27-21-23(30)15-17-25(27)26-18-16-24(31)22-28(26)29;1-7(2)11-10-12-8(3,4)9(5,6)13-10/h23-26,29-30H,11-22,27-28H2,1-10H3;15-18,21-22H,3-14,19-20H2,1-2H3;7H,1-6H3. The minimum atomic E-state index is -0.523. The quantitative estimate of drug-likeness (QED) is 0.0357. The second-order valence-corrected chi connectivity index (χ2v) is 33.0. The largest absolute Gasteiger partial charge is 0.640 e. The van der Waals surface area contributed by atoms with Crippen LogP contribution >= 0.6 is 31.9 Å². The molecule has 0 spiro atoms. The third-order valence-electron chi connectivity index (χ3n) is 22.2. The van der Waals surface area contributed by atoms with E-state index >= 15 is 0 Å². The smallest absolute Gasteiger partial charge is 0.399 e. The van der Waals surface area contributed by atoms with Gasteiger partial charge in [-0.15, -0.1) is 0 Å². The lowest BCUT2D eigenvalue weighted by Crippen LogP contribution is -2.41. The van der Waals surface area contributed by atoms with Crippen molar-refractivity contribution in [1.29, 1.82) is 0 Å². The molecule has 9 rings (SSSR count). The van der Waals surface area contributed by atoms with Crippen molar-refractivity contribution in [1.82, 2.24) is 0 Å². The minimum Gasteiger partial charge on any atom is -0.399 e. The molecule has 0 N–H and O–H groups in total. The van der Waals surface area contributed by atoms with Crippen LogP contribution in [0.1, 0.15) is 327 Å². The van der Waals surface area contributed by atoms with Crippen molar-refractivity contribution in [3.63, 3.8) is 0 Å². The van der Waals surface area contributed by atoms with Gasteiger partial charge in [0.1, 0.15) is 0 Å². The molecule has 5 aliphatic rings. The van der Waals surface area contributed by atoms with Crippen molar-refractivity contribution in [2.45, 2.75) is 355 Å². The zero-order chi connectivity index (χ0) is 66.5. The molecule has 0 radical (unpaired) electrons. The summed E-state index contributed by atoms with van der Waals surface area (Å²) >= 11 is 7.57. The second-order valence-electron chi connectivity index (χ2n) is 31.1. The number of fused-ring (bicyclic) bond motifs is 6. The lowest BCUT2D eigenvalue weighted by atomic mass is 9.67. The van der Waals surface area contributed by atoms with E-state index in [0.717, 1.165) is 23.8 Å².